The van der Waals surface area contributed by atoms with Crippen LogP contribution in [0, 0.1) is 17.1 Å². The number of hydrogen-bond acceptors (Lipinski definition) is 4. The van der Waals surface area contributed by atoms with Gasteiger partial charge in [0.1, 0.15) is 29.8 Å². The molecule has 3 aromatic carbocycles. The van der Waals surface area contributed by atoms with Gasteiger partial charge in [0.15, 0.2) is 0 Å². The van der Waals surface area contributed by atoms with Gasteiger partial charge in [-0.2, -0.15) is 5.26 Å². The van der Waals surface area contributed by atoms with Crippen LogP contribution in [0.15, 0.2) is 95.6 Å². The summed E-state index contributed by atoms with van der Waals surface area (Å²) < 4.78 is 18.8. The molecule has 0 bridgehead atoms. The van der Waals surface area contributed by atoms with Gasteiger partial charge in [-0.1, -0.05) is 54.6 Å². The van der Waals surface area contributed by atoms with Crippen LogP contribution >= 0.6 is 0 Å². The van der Waals surface area contributed by atoms with Crippen LogP contribution in [0.2, 0.25) is 0 Å². The summed E-state index contributed by atoms with van der Waals surface area (Å²) in [5.74, 6) is -0.657. The van der Waals surface area contributed by atoms with E-state index in [1.54, 1.807) is 49.4 Å². The van der Waals surface area contributed by atoms with Gasteiger partial charge in [0.05, 0.1) is 0 Å². The van der Waals surface area contributed by atoms with Crippen LogP contribution in [0.5, 0.6) is 5.75 Å². The Morgan fingerprint density at radius 2 is 1.60 bits per heavy atom. The predicted octanol–water partition coefficient (Wildman–Crippen LogP) is 5.24. The molecule has 0 fully saturated rings. The summed E-state index contributed by atoms with van der Waals surface area (Å²) in [6.07, 6.45) is 2.18. The van der Waals surface area contributed by atoms with Gasteiger partial charge in [-0.05, 0) is 65.9 Å². The Morgan fingerprint density at radius 3 is 2.26 bits per heavy atom. The van der Waals surface area contributed by atoms with Crippen LogP contribution in [0.3, 0.4) is 0 Å². The molecule has 0 saturated heterocycles. The lowest BCUT2D eigenvalue weighted by molar-refractivity contribution is -0.140. The fourth-order valence-corrected chi connectivity index (χ4v) is 3.79. The number of ether oxygens (including phenoxy) is 1. The van der Waals surface area contributed by atoms with E-state index in [1.807, 2.05) is 36.4 Å². The minimum Gasteiger partial charge on any atom is -0.489 e. The van der Waals surface area contributed by atoms with Crippen molar-refractivity contribution < 1.29 is 18.7 Å². The zero-order chi connectivity index (χ0) is 24.8. The van der Waals surface area contributed by atoms with E-state index in [0.29, 0.717) is 29.9 Å². The van der Waals surface area contributed by atoms with Gasteiger partial charge < -0.3 is 4.74 Å². The molecule has 0 unspecified atom stereocenters. The molecule has 5 nitrogen and oxygen atoms in total. The number of rotatable bonds is 7. The lowest BCUT2D eigenvalue weighted by Gasteiger charge is -2.27. The second-order valence-electron chi connectivity index (χ2n) is 8.15. The highest BCUT2D eigenvalue weighted by Crippen LogP contribution is 2.28. The third-order valence-corrected chi connectivity index (χ3v) is 5.80. The van der Waals surface area contributed by atoms with E-state index < -0.39 is 11.8 Å². The van der Waals surface area contributed by atoms with Crippen LogP contribution in [0.4, 0.5) is 4.39 Å². The maximum absolute atomic E-state index is 13.2. The molecule has 6 heteroatoms. The quantitative estimate of drug-likeness (QED) is 0.353. The molecule has 0 aromatic heterocycles. The van der Waals surface area contributed by atoms with Gasteiger partial charge in [-0.3, -0.25) is 14.5 Å². The number of carbonyl (C=O) groups excluding carboxylic acids is 2. The molecule has 1 aliphatic heterocycles. The summed E-state index contributed by atoms with van der Waals surface area (Å²) in [7, 11) is 0. The van der Waals surface area contributed by atoms with Crippen LogP contribution in [0.25, 0.3) is 6.08 Å². The first kappa shape index (κ1) is 23.7. The van der Waals surface area contributed by atoms with E-state index in [-0.39, 0.29) is 17.9 Å². The molecule has 0 spiro atoms. The molecular formula is C29H23FN2O3. The second-order valence-corrected chi connectivity index (χ2v) is 8.15. The Balaban J connectivity index is 1.51. The van der Waals surface area contributed by atoms with Crippen molar-refractivity contribution in [1.82, 2.24) is 4.90 Å². The molecule has 1 heterocycles. The van der Waals surface area contributed by atoms with Gasteiger partial charge in [0.2, 0.25) is 0 Å². The number of halogens is 1. The van der Waals surface area contributed by atoms with Crippen molar-refractivity contribution in [2.24, 2.45) is 0 Å². The average Bonchev–Trinajstić information content (AvgIpc) is 2.88. The Morgan fingerprint density at radius 1 is 0.914 bits per heavy atom. The Hall–Kier alpha value is -4.50. The normalized spacial score (nSPS) is 14.9. The lowest BCUT2D eigenvalue weighted by Crippen LogP contribution is -2.43. The van der Waals surface area contributed by atoms with Crippen molar-refractivity contribution in [1.29, 1.82) is 5.26 Å². The minimum absolute atomic E-state index is 0.0248. The van der Waals surface area contributed by atoms with E-state index in [9.17, 15) is 19.2 Å². The summed E-state index contributed by atoms with van der Waals surface area (Å²) in [4.78, 5) is 27.2. The molecule has 0 saturated carbocycles. The van der Waals surface area contributed by atoms with Crippen LogP contribution in [0.1, 0.15) is 23.6 Å². The van der Waals surface area contributed by atoms with Gasteiger partial charge in [-0.15, -0.1) is 0 Å². The summed E-state index contributed by atoms with van der Waals surface area (Å²) in [5, 5.41) is 9.58. The third-order valence-electron chi connectivity index (χ3n) is 5.80. The molecule has 4 rings (SSSR count). The fourth-order valence-electron chi connectivity index (χ4n) is 3.79. The zero-order valence-corrected chi connectivity index (χ0v) is 19.2. The van der Waals surface area contributed by atoms with Gasteiger partial charge >= 0.3 is 0 Å². The summed E-state index contributed by atoms with van der Waals surface area (Å²) in [6, 6.07) is 24.8. The highest BCUT2D eigenvalue weighted by atomic mass is 19.1. The van der Waals surface area contributed by atoms with Crippen LogP contribution < -0.4 is 4.74 Å². The molecule has 0 atom stereocenters. The monoisotopic (exact) mass is 466 g/mol. The molecule has 1 aliphatic rings. The molecule has 0 radical (unpaired) electrons. The third kappa shape index (κ3) is 5.53. The summed E-state index contributed by atoms with van der Waals surface area (Å²) in [6.45, 7) is 2.10. The Bertz CT molecular complexity index is 1340. The lowest BCUT2D eigenvalue weighted by atomic mass is 9.93. The first-order chi connectivity index (χ1) is 17.0. The number of amides is 2. The first-order valence-electron chi connectivity index (χ1n) is 11.2. The summed E-state index contributed by atoms with van der Waals surface area (Å²) >= 11 is 0. The molecule has 3 aromatic rings. The molecule has 0 aliphatic carbocycles. The maximum atomic E-state index is 13.2. The van der Waals surface area contributed by atoms with Crippen molar-refractivity contribution in [3.63, 3.8) is 0 Å². The maximum Gasteiger partial charge on any atom is 0.271 e. The first-order valence-corrected chi connectivity index (χ1v) is 11.2. The van der Waals surface area contributed by atoms with E-state index in [1.165, 1.54) is 12.1 Å². The van der Waals surface area contributed by atoms with Crippen LogP contribution in [-0.4, -0.2) is 23.3 Å². The average molecular weight is 467 g/mol. The smallest absolute Gasteiger partial charge is 0.271 e. The van der Waals surface area contributed by atoms with Gasteiger partial charge in [0, 0.05) is 12.1 Å². The number of hydrogen-bond donors (Lipinski definition) is 0. The van der Waals surface area contributed by atoms with Crippen molar-refractivity contribution in [2.75, 3.05) is 6.54 Å². The summed E-state index contributed by atoms with van der Waals surface area (Å²) in [5.41, 5.74) is 3.24. The van der Waals surface area contributed by atoms with E-state index in [0.717, 1.165) is 21.6 Å². The largest absolute Gasteiger partial charge is 0.489 e. The SMILES string of the molecule is CC1=C(C#N)C(=O)N(CCc2ccccc2)C(=O)/C1=C/c1ccc(OCc2ccc(F)cc2)cc1. The van der Waals surface area contributed by atoms with Gasteiger partial charge in [-0.25, -0.2) is 4.39 Å². The Kier molecular flexibility index (Phi) is 7.18. The molecular weight excluding hydrogens is 443 g/mol. The van der Waals surface area contributed by atoms with E-state index in [4.69, 9.17) is 4.74 Å². The molecule has 174 valence electrons. The zero-order valence-electron chi connectivity index (χ0n) is 19.2. The fraction of sp³-hybridized carbons (Fsp3) is 0.138. The van der Waals surface area contributed by atoms with Crippen molar-refractivity contribution in [3.05, 3.63) is 118 Å². The highest BCUT2D eigenvalue weighted by Gasteiger charge is 2.35. The van der Waals surface area contributed by atoms with Crippen molar-refractivity contribution in [3.8, 4) is 11.8 Å². The number of nitriles is 1. The number of nitrogens with zero attached hydrogens (tertiary/aromatic N) is 2. The minimum atomic E-state index is -0.562. The van der Waals surface area contributed by atoms with Crippen LogP contribution in [-0.2, 0) is 22.6 Å². The number of benzene rings is 3. The van der Waals surface area contributed by atoms with E-state index >= 15 is 0 Å². The molecule has 2 amide bonds. The molecule has 0 N–H and O–H groups in total. The van der Waals surface area contributed by atoms with E-state index in [2.05, 4.69) is 0 Å². The van der Waals surface area contributed by atoms with Crippen molar-refractivity contribution >= 4 is 17.9 Å². The van der Waals surface area contributed by atoms with Crippen molar-refractivity contribution in [2.45, 2.75) is 20.0 Å². The van der Waals surface area contributed by atoms with Gasteiger partial charge in [0.25, 0.3) is 11.8 Å². The second kappa shape index (κ2) is 10.6. The molecule has 35 heavy (non-hydrogen) atoms. The Labute approximate surface area is 203 Å². The standard InChI is InChI=1S/C29H23FN2O3/c1-20-26(17-22-9-13-25(14-10-22)35-19-23-7-11-24(30)12-8-23)28(33)32(29(34)27(20)18-31)16-15-21-5-3-2-4-6-21/h2-14,17H,15-16,19H2,1H3/b26-17+. The predicted molar refractivity (Wildman–Crippen MR) is 130 cm³/mol. The number of imide groups is 1. The highest BCUT2D eigenvalue weighted by molar-refractivity contribution is 6.19. The topological polar surface area (TPSA) is 70.4 Å². The number of carbonyl (C=O) groups is 2.